The minimum atomic E-state index is -1.14. The van der Waals surface area contributed by atoms with Crippen LogP contribution in [0.5, 0.6) is 0 Å². The van der Waals surface area contributed by atoms with Gasteiger partial charge in [-0.3, -0.25) is 0 Å². The summed E-state index contributed by atoms with van der Waals surface area (Å²) in [6.45, 7) is 10.9. The van der Waals surface area contributed by atoms with Crippen LogP contribution < -0.4 is 0 Å². The Morgan fingerprint density at radius 2 is 1.52 bits per heavy atom. The third kappa shape index (κ3) is 5.36. The topological polar surface area (TPSA) is 63.6 Å². The molecule has 1 N–H and O–H groups in total. The fourth-order valence-electron chi connectivity index (χ4n) is 3.62. The highest BCUT2D eigenvalue weighted by Gasteiger charge is 2.40. The van der Waals surface area contributed by atoms with Crippen LogP contribution in [-0.2, 0) is 14.3 Å². The Bertz CT molecular complexity index is 444. The number of hydrogen-bond acceptors (Lipinski definition) is 3. The summed E-state index contributed by atoms with van der Waals surface area (Å²) in [5, 5.41) is 8.60. The Balaban J connectivity index is 2.68. The van der Waals surface area contributed by atoms with E-state index < -0.39 is 17.5 Å². The Labute approximate surface area is 140 Å². The van der Waals surface area contributed by atoms with Gasteiger partial charge in [0.2, 0.25) is 0 Å². The molecule has 0 bridgehead atoms. The first-order valence-corrected chi connectivity index (χ1v) is 8.78. The van der Waals surface area contributed by atoms with E-state index in [0.717, 1.165) is 37.3 Å². The van der Waals surface area contributed by atoms with Crippen molar-refractivity contribution in [3.63, 3.8) is 0 Å². The van der Waals surface area contributed by atoms with Gasteiger partial charge in [-0.15, -0.1) is 0 Å². The smallest absolute Gasteiger partial charge is 0.331 e. The maximum absolute atomic E-state index is 11.9. The van der Waals surface area contributed by atoms with Crippen LogP contribution in [-0.4, -0.2) is 22.6 Å². The van der Waals surface area contributed by atoms with Crippen molar-refractivity contribution in [2.24, 2.45) is 17.3 Å². The second kappa shape index (κ2) is 7.98. The van der Waals surface area contributed by atoms with Crippen LogP contribution >= 0.6 is 0 Å². The first-order chi connectivity index (χ1) is 10.6. The maximum Gasteiger partial charge on any atom is 0.331 e. The summed E-state index contributed by atoms with van der Waals surface area (Å²) in [7, 11) is 0. The van der Waals surface area contributed by atoms with E-state index in [1.54, 1.807) is 0 Å². The molecule has 1 saturated carbocycles. The summed E-state index contributed by atoms with van der Waals surface area (Å²) in [5.74, 6) is -0.624. The minimum Gasteiger partial charge on any atom is -0.478 e. The van der Waals surface area contributed by atoms with Crippen molar-refractivity contribution in [1.82, 2.24) is 0 Å². The van der Waals surface area contributed by atoms with Crippen LogP contribution in [0, 0.1) is 17.3 Å². The van der Waals surface area contributed by atoms with Gasteiger partial charge in [-0.2, -0.15) is 0 Å². The maximum atomic E-state index is 11.9. The minimum absolute atomic E-state index is 0.346. The van der Waals surface area contributed by atoms with Gasteiger partial charge in [0, 0.05) is 12.2 Å². The number of ether oxygens (including phenoxy) is 1. The van der Waals surface area contributed by atoms with E-state index in [1.807, 2.05) is 13.8 Å². The molecule has 4 nitrogen and oxygen atoms in total. The highest BCUT2D eigenvalue weighted by Crippen LogP contribution is 2.46. The van der Waals surface area contributed by atoms with Gasteiger partial charge in [0.25, 0.3) is 0 Å². The molecule has 0 spiro atoms. The van der Waals surface area contributed by atoms with Crippen molar-refractivity contribution in [2.75, 3.05) is 0 Å². The molecule has 0 aromatic heterocycles. The molecular weight excluding hydrogens is 292 g/mol. The van der Waals surface area contributed by atoms with Crippen LogP contribution in [0.1, 0.15) is 73.1 Å². The largest absolute Gasteiger partial charge is 0.478 e. The Morgan fingerprint density at radius 3 is 1.96 bits per heavy atom. The lowest BCUT2D eigenvalue weighted by atomic mass is 9.65. The molecule has 1 unspecified atom stereocenters. The van der Waals surface area contributed by atoms with Gasteiger partial charge >= 0.3 is 11.9 Å². The molecule has 1 aliphatic rings. The van der Waals surface area contributed by atoms with Crippen LogP contribution in [0.4, 0.5) is 0 Å². The van der Waals surface area contributed by atoms with Gasteiger partial charge in [0.1, 0.15) is 5.60 Å². The number of carboxylic acid groups (broad SMARTS) is 1. The normalized spacial score (nSPS) is 25.1. The van der Waals surface area contributed by atoms with Gasteiger partial charge in [-0.25, -0.2) is 9.59 Å². The van der Waals surface area contributed by atoms with E-state index in [0.29, 0.717) is 11.3 Å². The number of rotatable bonds is 7. The number of aliphatic carboxylic acids is 1. The zero-order valence-electron chi connectivity index (χ0n) is 15.2. The third-order valence-electron chi connectivity index (χ3n) is 6.00. The van der Waals surface area contributed by atoms with E-state index in [-0.39, 0.29) is 0 Å². The number of carbonyl (C=O) groups excluding carboxylic acids is 1. The van der Waals surface area contributed by atoms with Crippen LogP contribution in [0.25, 0.3) is 0 Å². The molecule has 1 atom stereocenters. The molecule has 132 valence electrons. The monoisotopic (exact) mass is 324 g/mol. The van der Waals surface area contributed by atoms with Crippen molar-refractivity contribution >= 4 is 11.9 Å². The summed E-state index contributed by atoms with van der Waals surface area (Å²) in [6.07, 6.45) is 8.23. The molecule has 1 fully saturated rings. The van der Waals surface area contributed by atoms with E-state index in [4.69, 9.17) is 9.84 Å². The number of carbonyl (C=O) groups is 2. The number of hydrogen-bond donors (Lipinski definition) is 1. The molecule has 0 saturated heterocycles. The molecule has 0 aliphatic heterocycles. The number of carboxylic acids is 1. The van der Waals surface area contributed by atoms with Gasteiger partial charge in [0.05, 0.1) is 0 Å². The van der Waals surface area contributed by atoms with Crippen LogP contribution in [0.15, 0.2) is 12.2 Å². The zero-order chi connectivity index (χ0) is 17.7. The van der Waals surface area contributed by atoms with E-state index >= 15 is 0 Å². The Morgan fingerprint density at radius 1 is 1.00 bits per heavy atom. The molecule has 0 aromatic carbocycles. The van der Waals surface area contributed by atoms with Crippen molar-refractivity contribution in [3.8, 4) is 0 Å². The summed E-state index contributed by atoms with van der Waals surface area (Å²) in [6, 6.07) is 0. The molecule has 0 aromatic rings. The lowest BCUT2D eigenvalue weighted by molar-refractivity contribution is -0.161. The lowest BCUT2D eigenvalue weighted by Gasteiger charge is -2.44. The average Bonchev–Trinajstić information content (AvgIpc) is 2.53. The van der Waals surface area contributed by atoms with Crippen molar-refractivity contribution in [2.45, 2.75) is 78.7 Å². The lowest BCUT2D eigenvalue weighted by Crippen LogP contribution is -2.42. The zero-order valence-corrected chi connectivity index (χ0v) is 15.2. The second-order valence-corrected chi connectivity index (χ2v) is 7.65. The van der Waals surface area contributed by atoms with Crippen LogP contribution in [0.2, 0.25) is 0 Å². The molecule has 23 heavy (non-hydrogen) atoms. The van der Waals surface area contributed by atoms with E-state index in [9.17, 15) is 9.59 Å². The van der Waals surface area contributed by atoms with Crippen molar-refractivity contribution in [3.05, 3.63) is 12.2 Å². The standard InChI is InChI=1S/C19H32O4/c1-6-18(3,4)14-8-10-15(11-9-14)19(5,7-2)23-17(22)13-12-16(20)21/h12-15H,6-11H2,1-5H3,(H,20,21)/b13-12+. The first kappa shape index (κ1) is 19.7. The summed E-state index contributed by atoms with van der Waals surface area (Å²) in [5.41, 5.74) is -0.143. The van der Waals surface area contributed by atoms with Crippen LogP contribution in [0.3, 0.4) is 0 Å². The predicted octanol–water partition coefficient (Wildman–Crippen LogP) is 4.58. The van der Waals surface area contributed by atoms with Gasteiger partial charge < -0.3 is 9.84 Å². The van der Waals surface area contributed by atoms with Gasteiger partial charge in [-0.1, -0.05) is 34.1 Å². The summed E-state index contributed by atoms with van der Waals surface area (Å²) < 4.78 is 5.64. The predicted molar refractivity (Wildman–Crippen MR) is 91.1 cm³/mol. The number of esters is 1. The Hall–Kier alpha value is -1.32. The quantitative estimate of drug-likeness (QED) is 0.550. The molecule has 0 radical (unpaired) electrons. The third-order valence-corrected chi connectivity index (χ3v) is 6.00. The molecule has 0 amide bonds. The fraction of sp³-hybridized carbons (Fsp3) is 0.789. The van der Waals surface area contributed by atoms with E-state index in [1.165, 1.54) is 19.3 Å². The molecule has 0 heterocycles. The van der Waals surface area contributed by atoms with Gasteiger partial charge in [-0.05, 0) is 56.3 Å². The van der Waals surface area contributed by atoms with E-state index in [2.05, 4.69) is 20.8 Å². The summed E-state index contributed by atoms with van der Waals surface area (Å²) >= 11 is 0. The highest BCUT2D eigenvalue weighted by atomic mass is 16.6. The second-order valence-electron chi connectivity index (χ2n) is 7.65. The summed E-state index contributed by atoms with van der Waals surface area (Å²) in [4.78, 5) is 22.4. The average molecular weight is 324 g/mol. The SMILES string of the molecule is CCC(C)(C)C1CCC(C(C)(CC)OC(=O)/C=C/C(=O)O)CC1. The highest BCUT2D eigenvalue weighted by molar-refractivity contribution is 5.90. The van der Waals surface area contributed by atoms with Gasteiger partial charge in [0.15, 0.2) is 0 Å². The molecule has 4 heteroatoms. The van der Waals surface area contributed by atoms with Crippen molar-refractivity contribution in [1.29, 1.82) is 0 Å². The molecule has 1 aliphatic carbocycles. The van der Waals surface area contributed by atoms with Crippen molar-refractivity contribution < 1.29 is 19.4 Å². The Kier molecular flexibility index (Phi) is 6.84. The molecule has 1 rings (SSSR count). The molecular formula is C19H32O4. The fourth-order valence-corrected chi connectivity index (χ4v) is 3.62. The first-order valence-electron chi connectivity index (χ1n) is 8.78.